The van der Waals surface area contributed by atoms with Crippen LogP contribution in [0.15, 0.2) is 40.9 Å². The predicted octanol–water partition coefficient (Wildman–Crippen LogP) is 4.27. The fourth-order valence-corrected chi connectivity index (χ4v) is 3.69. The normalized spacial score (nSPS) is 13.8. The highest BCUT2D eigenvalue weighted by atomic mass is 79.9. The highest BCUT2D eigenvalue weighted by Crippen LogP contribution is 2.24. The Bertz CT molecular complexity index is 855. The zero-order valence-electron chi connectivity index (χ0n) is 13.9. The summed E-state index contributed by atoms with van der Waals surface area (Å²) >= 11 is 9.63. The fraction of sp³-hybridized carbons (Fsp3) is 0.263. The van der Waals surface area contributed by atoms with Crippen molar-refractivity contribution in [1.82, 2.24) is 4.90 Å². The molecule has 7 heteroatoms. The summed E-state index contributed by atoms with van der Waals surface area (Å²) in [6, 6.07) is 11.3. The van der Waals surface area contributed by atoms with Crippen molar-refractivity contribution < 1.29 is 19.4 Å². The second-order valence-electron chi connectivity index (χ2n) is 6.16. The lowest BCUT2D eigenvalue weighted by Gasteiger charge is -2.17. The summed E-state index contributed by atoms with van der Waals surface area (Å²) in [4.78, 5) is 24.4. The Morgan fingerprint density at radius 2 is 1.96 bits per heavy atom. The number of rotatable bonds is 6. The van der Waals surface area contributed by atoms with Crippen LogP contribution in [0.25, 0.3) is 0 Å². The quantitative estimate of drug-likeness (QED) is 0.731. The molecule has 5 nitrogen and oxygen atoms in total. The summed E-state index contributed by atoms with van der Waals surface area (Å²) in [6.07, 6.45) is 0.224. The van der Waals surface area contributed by atoms with Gasteiger partial charge in [0.2, 0.25) is 0 Å². The first kappa shape index (κ1) is 18.7. The Hall–Kier alpha value is -2.05. The van der Waals surface area contributed by atoms with Gasteiger partial charge in [-0.05, 0) is 52.9 Å². The van der Waals surface area contributed by atoms with Crippen LogP contribution in [0.3, 0.4) is 0 Å². The van der Waals surface area contributed by atoms with Crippen molar-refractivity contribution in [3.63, 3.8) is 0 Å². The number of carboxylic acid groups (broad SMARTS) is 1. The Morgan fingerprint density at radius 3 is 2.65 bits per heavy atom. The topological polar surface area (TPSA) is 66.8 Å². The standard InChI is InChI=1S/C19H17BrClNO4/c20-16-2-1-14(15(10-16)11-22-3-4-26-19(22)25)6-12-5-13(9-18(23)24)8-17(21)7-12/h1-2,5,7-8,10H,3-4,6,9,11H2,(H,23,24). The van der Waals surface area contributed by atoms with E-state index in [2.05, 4.69) is 15.9 Å². The molecule has 3 rings (SSSR count). The summed E-state index contributed by atoms with van der Waals surface area (Å²) in [6.45, 7) is 1.45. The molecule has 0 bridgehead atoms. The van der Waals surface area contributed by atoms with E-state index in [-0.39, 0.29) is 12.5 Å². The van der Waals surface area contributed by atoms with E-state index in [9.17, 15) is 9.59 Å². The summed E-state index contributed by atoms with van der Waals surface area (Å²) in [7, 11) is 0. The van der Waals surface area contributed by atoms with Gasteiger partial charge in [0.25, 0.3) is 0 Å². The van der Waals surface area contributed by atoms with E-state index in [1.165, 1.54) is 0 Å². The lowest BCUT2D eigenvalue weighted by molar-refractivity contribution is -0.136. The number of benzene rings is 2. The van der Waals surface area contributed by atoms with Crippen molar-refractivity contribution in [2.24, 2.45) is 0 Å². The van der Waals surface area contributed by atoms with Crippen molar-refractivity contribution in [3.05, 3.63) is 68.1 Å². The van der Waals surface area contributed by atoms with Crippen molar-refractivity contribution in [1.29, 1.82) is 0 Å². The molecule has 1 fully saturated rings. The highest BCUT2D eigenvalue weighted by molar-refractivity contribution is 9.10. The van der Waals surface area contributed by atoms with Gasteiger partial charge in [0, 0.05) is 16.0 Å². The number of amides is 1. The van der Waals surface area contributed by atoms with Gasteiger partial charge < -0.3 is 14.7 Å². The molecule has 0 unspecified atom stereocenters. The number of nitrogens with zero attached hydrogens (tertiary/aromatic N) is 1. The molecule has 0 aliphatic carbocycles. The molecule has 1 heterocycles. The number of hydrogen-bond acceptors (Lipinski definition) is 3. The number of carboxylic acids is 1. The first-order valence-electron chi connectivity index (χ1n) is 8.10. The monoisotopic (exact) mass is 437 g/mol. The van der Waals surface area contributed by atoms with Crippen molar-refractivity contribution >= 4 is 39.6 Å². The highest BCUT2D eigenvalue weighted by Gasteiger charge is 2.23. The van der Waals surface area contributed by atoms with Crippen LogP contribution in [-0.4, -0.2) is 35.2 Å². The lowest BCUT2D eigenvalue weighted by atomic mass is 9.97. The van der Waals surface area contributed by atoms with Crippen molar-refractivity contribution in [2.45, 2.75) is 19.4 Å². The maximum absolute atomic E-state index is 11.7. The average Bonchev–Trinajstić information content (AvgIpc) is 2.94. The molecule has 0 aromatic heterocycles. The van der Waals surface area contributed by atoms with Crippen molar-refractivity contribution in [3.8, 4) is 0 Å². The molecule has 1 aliphatic rings. The van der Waals surface area contributed by atoms with Crippen LogP contribution in [0.5, 0.6) is 0 Å². The zero-order chi connectivity index (χ0) is 18.7. The van der Waals surface area contributed by atoms with Crippen LogP contribution >= 0.6 is 27.5 Å². The first-order chi connectivity index (χ1) is 12.4. The summed E-state index contributed by atoms with van der Waals surface area (Å²) in [5.74, 6) is -0.893. The molecule has 0 saturated carbocycles. The maximum Gasteiger partial charge on any atom is 0.410 e. The van der Waals surface area contributed by atoms with E-state index in [0.29, 0.717) is 36.7 Å². The van der Waals surface area contributed by atoms with Crippen molar-refractivity contribution in [2.75, 3.05) is 13.2 Å². The Morgan fingerprint density at radius 1 is 1.19 bits per heavy atom. The number of cyclic esters (lactones) is 1. The molecule has 1 aliphatic heterocycles. The van der Waals surface area contributed by atoms with Gasteiger partial charge in [-0.3, -0.25) is 4.79 Å². The van der Waals surface area contributed by atoms with E-state index in [1.807, 2.05) is 30.3 Å². The van der Waals surface area contributed by atoms with E-state index in [4.69, 9.17) is 21.4 Å². The molecular weight excluding hydrogens is 422 g/mol. The van der Waals surface area contributed by atoms with E-state index in [0.717, 1.165) is 21.2 Å². The lowest BCUT2D eigenvalue weighted by Crippen LogP contribution is -2.24. The van der Waals surface area contributed by atoms with Gasteiger partial charge in [-0.25, -0.2) is 4.79 Å². The van der Waals surface area contributed by atoms with Crippen LogP contribution in [0, 0.1) is 0 Å². The third-order valence-corrected chi connectivity index (χ3v) is 4.85. The minimum Gasteiger partial charge on any atom is -0.481 e. The first-order valence-corrected chi connectivity index (χ1v) is 9.27. The van der Waals surface area contributed by atoms with Gasteiger partial charge in [-0.15, -0.1) is 0 Å². The molecule has 1 saturated heterocycles. The minimum atomic E-state index is -0.893. The zero-order valence-corrected chi connectivity index (χ0v) is 16.2. The third-order valence-electron chi connectivity index (χ3n) is 4.14. The van der Waals surface area contributed by atoms with Crippen LogP contribution < -0.4 is 0 Å². The molecule has 2 aromatic carbocycles. The van der Waals surface area contributed by atoms with Crippen LogP contribution in [-0.2, 0) is 28.9 Å². The Kier molecular flexibility index (Phi) is 5.84. The number of carbonyl (C=O) groups excluding carboxylic acids is 1. The molecular formula is C19H17BrClNO4. The maximum atomic E-state index is 11.7. The average molecular weight is 439 g/mol. The Labute approximate surface area is 164 Å². The largest absolute Gasteiger partial charge is 0.481 e. The van der Waals surface area contributed by atoms with Gasteiger partial charge >= 0.3 is 12.1 Å². The second-order valence-corrected chi connectivity index (χ2v) is 7.52. The van der Waals surface area contributed by atoms with Gasteiger partial charge in [-0.2, -0.15) is 0 Å². The molecule has 1 N–H and O–H groups in total. The number of halogens is 2. The molecule has 26 heavy (non-hydrogen) atoms. The second kappa shape index (κ2) is 8.10. The van der Waals surface area contributed by atoms with Crippen LogP contribution in [0.1, 0.15) is 22.3 Å². The predicted molar refractivity (Wildman–Crippen MR) is 101 cm³/mol. The van der Waals surface area contributed by atoms with Crippen LogP contribution in [0.2, 0.25) is 5.02 Å². The molecule has 0 atom stereocenters. The third kappa shape index (κ3) is 4.77. The fourth-order valence-electron chi connectivity index (χ4n) is 3.01. The Balaban J connectivity index is 1.86. The summed E-state index contributed by atoms with van der Waals surface area (Å²) in [5.41, 5.74) is 3.66. The number of aliphatic carboxylic acids is 1. The number of ether oxygens (including phenoxy) is 1. The molecule has 0 spiro atoms. The summed E-state index contributed by atoms with van der Waals surface area (Å²) < 4.78 is 5.93. The van der Waals surface area contributed by atoms with Gasteiger partial charge in [-0.1, -0.05) is 39.7 Å². The molecule has 1 amide bonds. The SMILES string of the molecule is O=C(O)Cc1cc(Cl)cc(Cc2ccc(Br)cc2CN2CCOC2=O)c1. The van der Waals surface area contributed by atoms with Gasteiger partial charge in [0.15, 0.2) is 0 Å². The molecule has 0 radical (unpaired) electrons. The minimum absolute atomic E-state index is 0.0691. The number of hydrogen-bond donors (Lipinski definition) is 1. The van der Waals surface area contributed by atoms with E-state index >= 15 is 0 Å². The smallest absolute Gasteiger partial charge is 0.410 e. The molecule has 2 aromatic rings. The summed E-state index contributed by atoms with van der Waals surface area (Å²) in [5, 5.41) is 9.51. The van der Waals surface area contributed by atoms with Crippen LogP contribution in [0.4, 0.5) is 4.79 Å². The van der Waals surface area contributed by atoms with E-state index in [1.54, 1.807) is 11.0 Å². The van der Waals surface area contributed by atoms with E-state index < -0.39 is 5.97 Å². The number of carbonyl (C=O) groups is 2. The van der Waals surface area contributed by atoms with Gasteiger partial charge in [0.05, 0.1) is 13.0 Å². The van der Waals surface area contributed by atoms with Gasteiger partial charge in [0.1, 0.15) is 6.61 Å². The molecule has 136 valence electrons.